The minimum atomic E-state index is 0.0893. The highest BCUT2D eigenvalue weighted by Crippen LogP contribution is 2.23. The van der Waals surface area contributed by atoms with E-state index in [9.17, 15) is 0 Å². The number of hydrogen-bond donors (Lipinski definition) is 1. The lowest BCUT2D eigenvalue weighted by molar-refractivity contribution is 0.511. The van der Waals surface area contributed by atoms with Gasteiger partial charge in [-0.05, 0) is 25.6 Å². The van der Waals surface area contributed by atoms with Gasteiger partial charge in [-0.3, -0.25) is 4.98 Å². The fourth-order valence-corrected chi connectivity index (χ4v) is 2.42. The summed E-state index contributed by atoms with van der Waals surface area (Å²) in [6.45, 7) is 5.98. The molecule has 1 N–H and O–H groups in total. The average Bonchev–Trinajstić information content (AvgIpc) is 2.86. The Morgan fingerprint density at radius 2 is 2.16 bits per heavy atom. The lowest BCUT2D eigenvalue weighted by Crippen LogP contribution is -2.25. The maximum Gasteiger partial charge on any atom is 0.110 e. The highest BCUT2D eigenvalue weighted by atomic mass is 35.5. The highest BCUT2D eigenvalue weighted by molar-refractivity contribution is 6.31. The molecule has 0 aliphatic rings. The van der Waals surface area contributed by atoms with E-state index in [-0.39, 0.29) is 6.04 Å². The molecule has 0 aliphatic heterocycles. The van der Waals surface area contributed by atoms with Gasteiger partial charge in [0.15, 0.2) is 0 Å². The molecule has 2 heterocycles. The Bertz CT molecular complexity index is 524. The fourth-order valence-electron chi connectivity index (χ4n) is 2.17. The summed E-state index contributed by atoms with van der Waals surface area (Å²) in [5, 5.41) is 4.13. The third kappa shape index (κ3) is 3.33. The van der Waals surface area contributed by atoms with E-state index >= 15 is 0 Å². The standard InChI is InChI=1S/C14H19ClN4/c1-3-16-12(14-11(15)6-5-7-18-14)10-13-17-8-9-19(13)4-2/h5-9,12,16H,3-4,10H2,1-2H3. The van der Waals surface area contributed by atoms with Gasteiger partial charge >= 0.3 is 0 Å². The summed E-state index contributed by atoms with van der Waals surface area (Å²) < 4.78 is 2.14. The van der Waals surface area contributed by atoms with Crippen molar-refractivity contribution in [2.45, 2.75) is 32.9 Å². The molecule has 4 nitrogen and oxygen atoms in total. The predicted octanol–water partition coefficient (Wildman–Crippen LogP) is 2.84. The molecule has 0 saturated heterocycles. The molecule has 0 amide bonds. The second-order valence-electron chi connectivity index (χ2n) is 4.31. The lowest BCUT2D eigenvalue weighted by Gasteiger charge is -2.18. The number of hydrogen-bond acceptors (Lipinski definition) is 3. The summed E-state index contributed by atoms with van der Waals surface area (Å²) in [6.07, 6.45) is 6.39. The number of likely N-dealkylation sites (N-methyl/N-ethyl adjacent to an activating group) is 1. The van der Waals surface area contributed by atoms with E-state index < -0.39 is 0 Å². The number of halogens is 1. The molecule has 0 aliphatic carbocycles. The first kappa shape index (κ1) is 14.0. The molecular weight excluding hydrogens is 260 g/mol. The molecule has 0 radical (unpaired) electrons. The van der Waals surface area contributed by atoms with Crippen molar-refractivity contribution in [1.82, 2.24) is 19.9 Å². The van der Waals surface area contributed by atoms with Gasteiger partial charge in [0.2, 0.25) is 0 Å². The molecule has 19 heavy (non-hydrogen) atoms. The van der Waals surface area contributed by atoms with E-state index in [1.807, 2.05) is 24.5 Å². The molecule has 0 fully saturated rings. The Hall–Kier alpha value is -1.39. The molecule has 2 rings (SSSR count). The fraction of sp³-hybridized carbons (Fsp3) is 0.429. The summed E-state index contributed by atoms with van der Waals surface area (Å²) in [6, 6.07) is 3.81. The van der Waals surface area contributed by atoms with Crippen molar-refractivity contribution in [2.24, 2.45) is 0 Å². The van der Waals surface area contributed by atoms with Crippen molar-refractivity contribution in [2.75, 3.05) is 6.54 Å². The maximum absolute atomic E-state index is 6.24. The molecule has 5 heteroatoms. The summed E-state index contributed by atoms with van der Waals surface area (Å²) in [5.41, 5.74) is 0.886. The summed E-state index contributed by atoms with van der Waals surface area (Å²) in [7, 11) is 0. The van der Waals surface area contributed by atoms with Gasteiger partial charge in [0.05, 0.1) is 16.8 Å². The van der Waals surface area contributed by atoms with E-state index in [0.717, 1.165) is 31.0 Å². The van der Waals surface area contributed by atoms with Crippen LogP contribution in [0.2, 0.25) is 5.02 Å². The van der Waals surface area contributed by atoms with Gasteiger partial charge in [0, 0.05) is 31.6 Å². The normalized spacial score (nSPS) is 12.6. The Labute approximate surface area is 118 Å². The predicted molar refractivity (Wildman–Crippen MR) is 77.3 cm³/mol. The largest absolute Gasteiger partial charge is 0.335 e. The number of aryl methyl sites for hydroxylation is 1. The summed E-state index contributed by atoms with van der Waals surface area (Å²) in [5.74, 6) is 1.05. The molecule has 1 unspecified atom stereocenters. The SMILES string of the molecule is CCNC(Cc1nccn1CC)c1ncccc1Cl. The van der Waals surface area contributed by atoms with Crippen molar-refractivity contribution in [3.63, 3.8) is 0 Å². The van der Waals surface area contributed by atoms with Crippen molar-refractivity contribution >= 4 is 11.6 Å². The number of rotatable bonds is 6. The van der Waals surface area contributed by atoms with Crippen LogP contribution in [0.3, 0.4) is 0 Å². The van der Waals surface area contributed by atoms with Crippen LogP contribution in [0.25, 0.3) is 0 Å². The third-order valence-corrected chi connectivity index (χ3v) is 3.42. The average molecular weight is 279 g/mol. The highest BCUT2D eigenvalue weighted by Gasteiger charge is 2.17. The molecule has 0 spiro atoms. The van der Waals surface area contributed by atoms with E-state index in [0.29, 0.717) is 5.02 Å². The zero-order chi connectivity index (χ0) is 13.7. The van der Waals surface area contributed by atoms with Crippen LogP contribution >= 0.6 is 11.6 Å². The van der Waals surface area contributed by atoms with Crippen LogP contribution in [0.5, 0.6) is 0 Å². The van der Waals surface area contributed by atoms with Crippen LogP contribution < -0.4 is 5.32 Å². The lowest BCUT2D eigenvalue weighted by atomic mass is 10.1. The van der Waals surface area contributed by atoms with Crippen molar-refractivity contribution in [3.05, 3.63) is 47.3 Å². The van der Waals surface area contributed by atoms with Crippen LogP contribution in [0.1, 0.15) is 31.4 Å². The Morgan fingerprint density at radius 3 is 2.84 bits per heavy atom. The zero-order valence-corrected chi connectivity index (χ0v) is 12.1. The smallest absolute Gasteiger partial charge is 0.110 e. The first-order valence-electron chi connectivity index (χ1n) is 6.60. The van der Waals surface area contributed by atoms with Crippen molar-refractivity contribution in [1.29, 1.82) is 0 Å². The minimum Gasteiger partial charge on any atom is -0.335 e. The molecular formula is C14H19ClN4. The minimum absolute atomic E-state index is 0.0893. The zero-order valence-electron chi connectivity index (χ0n) is 11.3. The summed E-state index contributed by atoms with van der Waals surface area (Å²) in [4.78, 5) is 8.82. The topological polar surface area (TPSA) is 42.7 Å². The van der Waals surface area contributed by atoms with E-state index in [1.54, 1.807) is 6.20 Å². The number of imidazole rings is 1. The van der Waals surface area contributed by atoms with Gasteiger partial charge in [-0.25, -0.2) is 4.98 Å². The Balaban J connectivity index is 2.24. The van der Waals surface area contributed by atoms with Gasteiger partial charge in [-0.2, -0.15) is 0 Å². The van der Waals surface area contributed by atoms with Gasteiger partial charge < -0.3 is 9.88 Å². The second kappa shape index (κ2) is 6.68. The first-order chi connectivity index (χ1) is 9.26. The monoisotopic (exact) mass is 278 g/mol. The molecule has 0 saturated carbocycles. The number of pyridine rings is 1. The molecule has 102 valence electrons. The van der Waals surface area contributed by atoms with E-state index in [1.165, 1.54) is 0 Å². The first-order valence-corrected chi connectivity index (χ1v) is 6.97. The third-order valence-electron chi connectivity index (χ3n) is 3.10. The Morgan fingerprint density at radius 1 is 1.32 bits per heavy atom. The molecule has 1 atom stereocenters. The summed E-state index contributed by atoms with van der Waals surface area (Å²) >= 11 is 6.24. The van der Waals surface area contributed by atoms with Crippen LogP contribution in [-0.4, -0.2) is 21.1 Å². The number of aromatic nitrogens is 3. The number of nitrogens with one attached hydrogen (secondary N) is 1. The molecule has 0 bridgehead atoms. The van der Waals surface area contributed by atoms with E-state index in [2.05, 4.69) is 33.7 Å². The molecule has 2 aromatic rings. The van der Waals surface area contributed by atoms with Crippen molar-refractivity contribution < 1.29 is 0 Å². The van der Waals surface area contributed by atoms with Crippen molar-refractivity contribution in [3.8, 4) is 0 Å². The van der Waals surface area contributed by atoms with Crippen LogP contribution in [0, 0.1) is 0 Å². The second-order valence-corrected chi connectivity index (χ2v) is 4.72. The molecule has 0 aromatic carbocycles. The van der Waals surface area contributed by atoms with E-state index in [4.69, 9.17) is 11.6 Å². The Kier molecular flexibility index (Phi) is 4.93. The maximum atomic E-state index is 6.24. The van der Waals surface area contributed by atoms with Gasteiger partial charge in [-0.15, -0.1) is 0 Å². The van der Waals surface area contributed by atoms with Gasteiger partial charge in [0.25, 0.3) is 0 Å². The van der Waals surface area contributed by atoms with Gasteiger partial charge in [-0.1, -0.05) is 18.5 Å². The quantitative estimate of drug-likeness (QED) is 0.884. The number of nitrogens with zero attached hydrogens (tertiary/aromatic N) is 3. The van der Waals surface area contributed by atoms with Crippen LogP contribution in [-0.2, 0) is 13.0 Å². The van der Waals surface area contributed by atoms with Crippen LogP contribution in [0.4, 0.5) is 0 Å². The van der Waals surface area contributed by atoms with Gasteiger partial charge in [0.1, 0.15) is 5.82 Å². The molecule has 2 aromatic heterocycles. The van der Waals surface area contributed by atoms with Crippen LogP contribution in [0.15, 0.2) is 30.7 Å².